The van der Waals surface area contributed by atoms with Gasteiger partial charge in [-0.1, -0.05) is 25.5 Å². The predicted octanol–water partition coefficient (Wildman–Crippen LogP) is 3.04. The van der Waals surface area contributed by atoms with E-state index in [2.05, 4.69) is 12.2 Å². The maximum Gasteiger partial charge on any atom is 0.336 e. The number of imide groups is 1. The highest BCUT2D eigenvalue weighted by molar-refractivity contribution is 6.08. The number of esters is 1. The van der Waals surface area contributed by atoms with Gasteiger partial charge in [-0.15, -0.1) is 0 Å². The van der Waals surface area contributed by atoms with Crippen molar-refractivity contribution in [2.24, 2.45) is 5.92 Å². The maximum atomic E-state index is 12.9. The molecule has 2 fully saturated rings. The lowest BCUT2D eigenvalue weighted by molar-refractivity contribution is -0.149. The summed E-state index contributed by atoms with van der Waals surface area (Å²) in [6.07, 6.45) is 3.99. The van der Waals surface area contributed by atoms with Crippen LogP contribution in [0.4, 0.5) is 4.79 Å². The zero-order chi connectivity index (χ0) is 22.2. The Labute approximate surface area is 179 Å². The second-order valence-electron chi connectivity index (χ2n) is 8.51. The van der Waals surface area contributed by atoms with E-state index < -0.39 is 29.7 Å². The number of nitrogens with zero attached hydrogens (tertiary/aromatic N) is 1. The molecule has 0 bridgehead atoms. The van der Waals surface area contributed by atoms with Gasteiger partial charge in [0.25, 0.3) is 5.91 Å². The van der Waals surface area contributed by atoms with E-state index in [0.717, 1.165) is 29.7 Å². The number of carbonyl (C=O) groups excluding carboxylic acids is 3. The van der Waals surface area contributed by atoms with Gasteiger partial charge >= 0.3 is 17.6 Å². The van der Waals surface area contributed by atoms with E-state index in [4.69, 9.17) is 9.15 Å². The van der Waals surface area contributed by atoms with E-state index >= 15 is 0 Å². The summed E-state index contributed by atoms with van der Waals surface area (Å²) in [5, 5.41) is 3.47. The second kappa shape index (κ2) is 8.17. The van der Waals surface area contributed by atoms with Crippen LogP contribution in [-0.2, 0) is 20.9 Å². The van der Waals surface area contributed by atoms with Crippen LogP contribution in [0, 0.1) is 12.8 Å². The number of aryl methyl sites for hydroxylation is 1. The molecule has 8 heteroatoms. The van der Waals surface area contributed by atoms with Crippen LogP contribution >= 0.6 is 0 Å². The first kappa shape index (κ1) is 21.1. The smallest absolute Gasteiger partial charge is 0.336 e. The number of rotatable bonds is 5. The van der Waals surface area contributed by atoms with Gasteiger partial charge in [0.1, 0.15) is 24.3 Å². The van der Waals surface area contributed by atoms with Gasteiger partial charge < -0.3 is 14.5 Å². The fourth-order valence-electron chi connectivity index (χ4n) is 4.53. The first-order valence-corrected chi connectivity index (χ1v) is 10.6. The molecule has 31 heavy (non-hydrogen) atoms. The minimum atomic E-state index is -0.893. The fraction of sp³-hybridized carbons (Fsp3) is 0.478. The third-order valence-electron chi connectivity index (χ3n) is 6.44. The quantitative estimate of drug-likeness (QED) is 0.448. The number of hydrogen-bond donors (Lipinski definition) is 1. The number of benzene rings is 1. The van der Waals surface area contributed by atoms with Crippen LogP contribution in [0.1, 0.15) is 50.2 Å². The summed E-state index contributed by atoms with van der Waals surface area (Å²) in [5.74, 6) is -0.502. The number of amides is 3. The Bertz CT molecular complexity index is 1100. The van der Waals surface area contributed by atoms with Crippen LogP contribution in [0.5, 0.6) is 0 Å². The molecule has 8 nitrogen and oxygen atoms in total. The number of fused-ring (bicyclic) bond motifs is 1. The summed E-state index contributed by atoms with van der Waals surface area (Å²) < 4.78 is 10.5. The third-order valence-corrected chi connectivity index (χ3v) is 6.44. The molecule has 1 aromatic carbocycles. The molecule has 0 unspecified atom stereocenters. The van der Waals surface area contributed by atoms with Gasteiger partial charge in [-0.3, -0.25) is 14.5 Å². The highest BCUT2D eigenvalue weighted by atomic mass is 16.5. The van der Waals surface area contributed by atoms with Gasteiger partial charge in [0, 0.05) is 17.0 Å². The Morgan fingerprint density at radius 1 is 1.23 bits per heavy atom. The highest BCUT2D eigenvalue weighted by Gasteiger charge is 2.52. The SMILES string of the molecule is CCC1CCC2(CC1)NC(=O)N(CC(=O)OCc1cc(=O)oc3cc(C)ccc13)C2=O. The van der Waals surface area contributed by atoms with Crippen molar-refractivity contribution >= 4 is 28.9 Å². The number of nitrogens with one attached hydrogen (secondary N) is 1. The zero-order valence-electron chi connectivity index (χ0n) is 17.7. The highest BCUT2D eigenvalue weighted by Crippen LogP contribution is 2.37. The third kappa shape index (κ3) is 4.06. The number of urea groups is 1. The Balaban J connectivity index is 1.42. The predicted molar refractivity (Wildman–Crippen MR) is 112 cm³/mol. The lowest BCUT2D eigenvalue weighted by Crippen LogP contribution is -2.49. The van der Waals surface area contributed by atoms with Crippen LogP contribution < -0.4 is 10.9 Å². The summed E-state index contributed by atoms with van der Waals surface area (Å²) in [4.78, 5) is 50.5. The minimum Gasteiger partial charge on any atom is -0.459 e. The molecule has 164 valence electrons. The van der Waals surface area contributed by atoms with Gasteiger partial charge in [0.2, 0.25) is 0 Å². The molecule has 1 saturated carbocycles. The van der Waals surface area contributed by atoms with Crippen molar-refractivity contribution in [2.45, 2.75) is 58.1 Å². The summed E-state index contributed by atoms with van der Waals surface area (Å²) in [7, 11) is 0. The van der Waals surface area contributed by atoms with E-state index in [-0.39, 0.29) is 12.5 Å². The molecule has 1 aliphatic carbocycles. The lowest BCUT2D eigenvalue weighted by atomic mass is 9.75. The Morgan fingerprint density at radius 3 is 2.68 bits per heavy atom. The average Bonchev–Trinajstić information content (AvgIpc) is 2.96. The molecule has 0 atom stereocenters. The lowest BCUT2D eigenvalue weighted by Gasteiger charge is -2.34. The molecule has 1 saturated heterocycles. The van der Waals surface area contributed by atoms with Gasteiger partial charge in [0.15, 0.2) is 0 Å². The van der Waals surface area contributed by atoms with Crippen LogP contribution in [0.25, 0.3) is 11.0 Å². The van der Waals surface area contributed by atoms with Crippen molar-refractivity contribution in [2.75, 3.05) is 6.54 Å². The van der Waals surface area contributed by atoms with E-state index in [1.54, 1.807) is 12.1 Å². The van der Waals surface area contributed by atoms with E-state index in [0.29, 0.717) is 35.3 Å². The van der Waals surface area contributed by atoms with Crippen molar-refractivity contribution in [1.29, 1.82) is 0 Å². The van der Waals surface area contributed by atoms with Crippen molar-refractivity contribution in [3.8, 4) is 0 Å². The van der Waals surface area contributed by atoms with Gasteiger partial charge in [-0.2, -0.15) is 0 Å². The number of ether oxygens (including phenoxy) is 1. The molecule has 4 rings (SSSR count). The van der Waals surface area contributed by atoms with Gasteiger partial charge in [0.05, 0.1) is 0 Å². The topological polar surface area (TPSA) is 106 Å². The molecular weight excluding hydrogens is 400 g/mol. The largest absolute Gasteiger partial charge is 0.459 e. The normalized spacial score (nSPS) is 23.4. The van der Waals surface area contributed by atoms with Crippen molar-refractivity contribution in [1.82, 2.24) is 10.2 Å². The van der Waals surface area contributed by atoms with E-state index in [9.17, 15) is 19.2 Å². The zero-order valence-corrected chi connectivity index (χ0v) is 17.7. The standard InChI is InChI=1S/C23H26N2O6/c1-3-15-6-8-23(9-7-15)21(28)25(22(29)24-23)12-20(27)30-13-16-11-19(26)31-18-10-14(2)4-5-17(16)18/h4-5,10-11,15H,3,6-9,12-13H2,1-2H3,(H,24,29). The van der Waals surface area contributed by atoms with E-state index in [1.165, 1.54) is 6.07 Å². The molecule has 2 heterocycles. The number of carbonyl (C=O) groups is 3. The Morgan fingerprint density at radius 2 is 1.97 bits per heavy atom. The maximum absolute atomic E-state index is 12.9. The molecule has 1 aliphatic heterocycles. The Hall–Kier alpha value is -3.16. The molecule has 1 spiro atoms. The van der Waals surface area contributed by atoms with Crippen molar-refractivity contribution in [3.63, 3.8) is 0 Å². The molecule has 2 aromatic rings. The molecule has 2 aliphatic rings. The molecule has 1 aromatic heterocycles. The van der Waals surface area contributed by atoms with E-state index in [1.807, 2.05) is 13.0 Å². The summed E-state index contributed by atoms with van der Waals surface area (Å²) >= 11 is 0. The summed E-state index contributed by atoms with van der Waals surface area (Å²) in [6, 6.07) is 6.12. The van der Waals surface area contributed by atoms with Crippen LogP contribution in [0.15, 0.2) is 33.5 Å². The summed E-state index contributed by atoms with van der Waals surface area (Å²) in [5.41, 5.74) is 0.423. The van der Waals surface area contributed by atoms with Crippen molar-refractivity contribution < 1.29 is 23.5 Å². The monoisotopic (exact) mass is 426 g/mol. The first-order chi connectivity index (χ1) is 14.8. The number of hydrogen-bond acceptors (Lipinski definition) is 6. The average molecular weight is 426 g/mol. The molecule has 3 amide bonds. The van der Waals surface area contributed by atoms with Crippen LogP contribution in [0.3, 0.4) is 0 Å². The second-order valence-corrected chi connectivity index (χ2v) is 8.51. The summed E-state index contributed by atoms with van der Waals surface area (Å²) in [6.45, 7) is 3.39. The fourth-order valence-corrected chi connectivity index (χ4v) is 4.53. The van der Waals surface area contributed by atoms with Gasteiger partial charge in [-0.25, -0.2) is 9.59 Å². The first-order valence-electron chi connectivity index (χ1n) is 10.6. The Kier molecular flexibility index (Phi) is 5.56. The molecule has 1 N–H and O–H groups in total. The van der Waals surface area contributed by atoms with Crippen LogP contribution in [-0.4, -0.2) is 34.9 Å². The minimum absolute atomic E-state index is 0.156. The van der Waals surface area contributed by atoms with Crippen molar-refractivity contribution in [3.05, 3.63) is 45.8 Å². The van der Waals surface area contributed by atoms with Crippen LogP contribution in [0.2, 0.25) is 0 Å². The molecular formula is C23H26N2O6. The van der Waals surface area contributed by atoms with Gasteiger partial charge in [-0.05, 0) is 50.2 Å². The molecule has 0 radical (unpaired) electrons.